The standard InChI is InChI=1S/C9H13BrN2O/c1-12(11)6-9(13)7-3-2-4-8(10)5-7/h2-5,9,13H,6,11H2,1H3. The second-order valence-electron chi connectivity index (χ2n) is 3.01. The van der Waals surface area contributed by atoms with Crippen LogP contribution in [0.2, 0.25) is 0 Å². The van der Waals surface area contributed by atoms with Gasteiger partial charge in [-0.1, -0.05) is 28.1 Å². The Bertz CT molecular complexity index is 278. The first-order valence-corrected chi connectivity index (χ1v) is 4.78. The molecule has 0 bridgehead atoms. The minimum absolute atomic E-state index is 0.427. The van der Waals surface area contributed by atoms with Crippen molar-refractivity contribution < 1.29 is 5.11 Å². The summed E-state index contributed by atoms with van der Waals surface area (Å²) >= 11 is 3.34. The van der Waals surface area contributed by atoms with Crippen LogP contribution in [0.4, 0.5) is 0 Å². The maximum Gasteiger partial charge on any atom is 0.0931 e. The van der Waals surface area contributed by atoms with Crippen LogP contribution in [0.25, 0.3) is 0 Å². The van der Waals surface area contributed by atoms with Crippen LogP contribution in [0.1, 0.15) is 11.7 Å². The number of aliphatic hydroxyl groups excluding tert-OH is 1. The molecule has 0 aliphatic carbocycles. The summed E-state index contributed by atoms with van der Waals surface area (Å²) in [6.07, 6.45) is -0.535. The molecule has 0 amide bonds. The maximum absolute atomic E-state index is 9.67. The van der Waals surface area contributed by atoms with Crippen LogP contribution in [-0.4, -0.2) is 23.7 Å². The van der Waals surface area contributed by atoms with E-state index in [1.807, 2.05) is 24.3 Å². The highest BCUT2D eigenvalue weighted by Crippen LogP contribution is 2.17. The third kappa shape index (κ3) is 3.44. The van der Waals surface area contributed by atoms with E-state index in [-0.39, 0.29) is 0 Å². The molecule has 3 N–H and O–H groups in total. The SMILES string of the molecule is CN(N)CC(O)c1cccc(Br)c1. The molecular weight excluding hydrogens is 232 g/mol. The monoisotopic (exact) mass is 244 g/mol. The summed E-state index contributed by atoms with van der Waals surface area (Å²) in [6.45, 7) is 0.427. The first kappa shape index (κ1) is 10.7. The molecule has 0 radical (unpaired) electrons. The molecule has 3 nitrogen and oxygen atoms in total. The first-order chi connectivity index (χ1) is 6.09. The van der Waals surface area contributed by atoms with Crippen LogP contribution in [0.5, 0.6) is 0 Å². The summed E-state index contributed by atoms with van der Waals surface area (Å²) in [7, 11) is 1.72. The predicted molar refractivity (Wildman–Crippen MR) is 55.9 cm³/mol. The quantitative estimate of drug-likeness (QED) is 0.623. The lowest BCUT2D eigenvalue weighted by Crippen LogP contribution is -2.30. The van der Waals surface area contributed by atoms with Gasteiger partial charge in [0, 0.05) is 18.1 Å². The number of nitrogens with two attached hydrogens (primary N) is 1. The Hall–Kier alpha value is -0.420. The molecule has 0 aliphatic heterocycles. The molecule has 1 unspecified atom stereocenters. The van der Waals surface area contributed by atoms with Gasteiger partial charge in [-0.2, -0.15) is 0 Å². The first-order valence-electron chi connectivity index (χ1n) is 3.99. The molecule has 1 atom stereocenters. The summed E-state index contributed by atoms with van der Waals surface area (Å²) in [5.74, 6) is 5.43. The normalized spacial score (nSPS) is 13.3. The number of benzene rings is 1. The van der Waals surface area contributed by atoms with Gasteiger partial charge in [0.15, 0.2) is 0 Å². The molecule has 4 heteroatoms. The van der Waals surface area contributed by atoms with E-state index in [9.17, 15) is 5.11 Å². The zero-order chi connectivity index (χ0) is 9.84. The van der Waals surface area contributed by atoms with Gasteiger partial charge in [0.05, 0.1) is 6.10 Å². The molecule has 0 heterocycles. The lowest BCUT2D eigenvalue weighted by atomic mass is 10.1. The van der Waals surface area contributed by atoms with Crippen molar-refractivity contribution in [2.45, 2.75) is 6.10 Å². The minimum atomic E-state index is -0.535. The average molecular weight is 245 g/mol. The van der Waals surface area contributed by atoms with Crippen LogP contribution in [0.3, 0.4) is 0 Å². The van der Waals surface area contributed by atoms with Crippen molar-refractivity contribution in [1.29, 1.82) is 0 Å². The fourth-order valence-corrected chi connectivity index (χ4v) is 1.51. The van der Waals surface area contributed by atoms with Gasteiger partial charge in [-0.25, -0.2) is 5.01 Å². The Morgan fingerprint density at radius 2 is 2.31 bits per heavy atom. The molecule has 0 fully saturated rings. The van der Waals surface area contributed by atoms with Gasteiger partial charge in [-0.3, -0.25) is 5.84 Å². The third-order valence-electron chi connectivity index (χ3n) is 1.69. The predicted octanol–water partition coefficient (Wildman–Crippen LogP) is 1.29. The number of rotatable bonds is 3. The van der Waals surface area contributed by atoms with Crippen molar-refractivity contribution in [2.75, 3.05) is 13.6 Å². The molecule has 1 aromatic rings. The van der Waals surface area contributed by atoms with E-state index in [1.54, 1.807) is 7.05 Å². The van der Waals surface area contributed by atoms with Crippen molar-refractivity contribution in [3.8, 4) is 0 Å². The Morgan fingerprint density at radius 3 is 2.85 bits per heavy atom. The summed E-state index contributed by atoms with van der Waals surface area (Å²) < 4.78 is 0.962. The number of likely N-dealkylation sites (N-methyl/N-ethyl adjacent to an activating group) is 1. The van der Waals surface area contributed by atoms with Gasteiger partial charge in [0.25, 0.3) is 0 Å². The van der Waals surface area contributed by atoms with Crippen LogP contribution in [-0.2, 0) is 0 Å². The number of hydrogen-bond donors (Lipinski definition) is 2. The second kappa shape index (κ2) is 4.72. The molecule has 0 saturated carbocycles. The van der Waals surface area contributed by atoms with Gasteiger partial charge in [-0.05, 0) is 17.7 Å². The molecule has 0 spiro atoms. The number of aliphatic hydroxyl groups is 1. The smallest absolute Gasteiger partial charge is 0.0931 e. The van der Waals surface area contributed by atoms with Gasteiger partial charge in [0.1, 0.15) is 0 Å². The fourth-order valence-electron chi connectivity index (χ4n) is 1.09. The van der Waals surface area contributed by atoms with E-state index in [1.165, 1.54) is 5.01 Å². The van der Waals surface area contributed by atoms with Crippen LogP contribution in [0, 0.1) is 0 Å². The number of nitrogens with zero attached hydrogens (tertiary/aromatic N) is 1. The van der Waals surface area contributed by atoms with E-state index in [4.69, 9.17) is 5.84 Å². The van der Waals surface area contributed by atoms with Crippen molar-refractivity contribution in [1.82, 2.24) is 5.01 Å². The van der Waals surface area contributed by atoms with E-state index in [0.717, 1.165) is 10.0 Å². The average Bonchev–Trinajstić information content (AvgIpc) is 2.03. The van der Waals surface area contributed by atoms with Gasteiger partial charge in [-0.15, -0.1) is 0 Å². The maximum atomic E-state index is 9.67. The Morgan fingerprint density at radius 1 is 1.62 bits per heavy atom. The lowest BCUT2D eigenvalue weighted by molar-refractivity contribution is 0.127. The molecule has 0 saturated heterocycles. The van der Waals surface area contributed by atoms with E-state index in [2.05, 4.69) is 15.9 Å². The van der Waals surface area contributed by atoms with Gasteiger partial charge in [0.2, 0.25) is 0 Å². The highest BCUT2D eigenvalue weighted by Gasteiger charge is 2.08. The number of hydrogen-bond acceptors (Lipinski definition) is 3. The zero-order valence-electron chi connectivity index (χ0n) is 7.44. The molecule has 0 aromatic heterocycles. The number of halogens is 1. The van der Waals surface area contributed by atoms with E-state index >= 15 is 0 Å². The van der Waals surface area contributed by atoms with Gasteiger partial charge < -0.3 is 5.11 Å². The van der Waals surface area contributed by atoms with E-state index < -0.39 is 6.10 Å². The highest BCUT2D eigenvalue weighted by atomic mass is 79.9. The van der Waals surface area contributed by atoms with Gasteiger partial charge >= 0.3 is 0 Å². The van der Waals surface area contributed by atoms with Crippen LogP contribution < -0.4 is 5.84 Å². The summed E-state index contributed by atoms with van der Waals surface area (Å²) in [5, 5.41) is 11.1. The molecule has 13 heavy (non-hydrogen) atoms. The molecule has 1 rings (SSSR count). The molecule has 0 aliphatic rings. The van der Waals surface area contributed by atoms with Crippen LogP contribution >= 0.6 is 15.9 Å². The summed E-state index contributed by atoms with van der Waals surface area (Å²) in [5.41, 5.74) is 0.867. The molecule has 1 aromatic carbocycles. The van der Waals surface area contributed by atoms with Crippen molar-refractivity contribution in [3.63, 3.8) is 0 Å². The van der Waals surface area contributed by atoms with Crippen molar-refractivity contribution in [3.05, 3.63) is 34.3 Å². The molecule has 72 valence electrons. The van der Waals surface area contributed by atoms with Crippen molar-refractivity contribution >= 4 is 15.9 Å². The Labute approximate surface area is 86.3 Å². The minimum Gasteiger partial charge on any atom is -0.387 e. The number of hydrazine groups is 1. The van der Waals surface area contributed by atoms with Crippen LogP contribution in [0.15, 0.2) is 28.7 Å². The van der Waals surface area contributed by atoms with Crippen molar-refractivity contribution in [2.24, 2.45) is 5.84 Å². The largest absolute Gasteiger partial charge is 0.387 e. The lowest BCUT2D eigenvalue weighted by Gasteiger charge is -2.15. The summed E-state index contributed by atoms with van der Waals surface area (Å²) in [6, 6.07) is 7.56. The summed E-state index contributed by atoms with van der Waals surface area (Å²) in [4.78, 5) is 0. The zero-order valence-corrected chi connectivity index (χ0v) is 9.03. The highest BCUT2D eigenvalue weighted by molar-refractivity contribution is 9.10. The third-order valence-corrected chi connectivity index (χ3v) is 2.19. The second-order valence-corrected chi connectivity index (χ2v) is 3.93. The Balaban J connectivity index is 2.71. The topological polar surface area (TPSA) is 49.5 Å². The molecular formula is C9H13BrN2O. The fraction of sp³-hybridized carbons (Fsp3) is 0.333. The Kier molecular flexibility index (Phi) is 3.87. The van der Waals surface area contributed by atoms with E-state index in [0.29, 0.717) is 6.54 Å².